The van der Waals surface area contributed by atoms with E-state index in [1.165, 1.54) is 11.4 Å². The van der Waals surface area contributed by atoms with Gasteiger partial charge in [-0.05, 0) is 24.3 Å². The van der Waals surface area contributed by atoms with Crippen LogP contribution in [0.1, 0.15) is 5.89 Å². The Hall–Kier alpha value is -3.07. The van der Waals surface area contributed by atoms with Gasteiger partial charge in [0.1, 0.15) is 18.0 Å². The lowest BCUT2D eigenvalue weighted by Gasteiger charge is -2.20. The van der Waals surface area contributed by atoms with E-state index in [1.807, 2.05) is 6.07 Å². The quantitative estimate of drug-likeness (QED) is 0.613. The van der Waals surface area contributed by atoms with Crippen molar-refractivity contribution in [1.29, 1.82) is 0 Å². The second-order valence-electron chi connectivity index (χ2n) is 5.68. The Kier molecular flexibility index (Phi) is 5.31. The molecule has 0 radical (unpaired) electrons. The molecule has 3 aromatic rings. The van der Waals surface area contributed by atoms with Crippen LogP contribution < -0.4 is 13.8 Å². The van der Waals surface area contributed by atoms with Crippen LogP contribution in [-0.4, -0.2) is 39.0 Å². The van der Waals surface area contributed by atoms with Crippen molar-refractivity contribution in [2.45, 2.75) is 6.54 Å². The smallest absolute Gasteiger partial charge is 0.247 e. The molecule has 0 aliphatic heterocycles. The summed E-state index contributed by atoms with van der Waals surface area (Å²) in [7, 11) is -0.441. The molecule has 0 bridgehead atoms. The van der Waals surface area contributed by atoms with Gasteiger partial charge in [0.2, 0.25) is 21.7 Å². The molecule has 0 aliphatic carbocycles. The number of benzene rings is 2. The van der Waals surface area contributed by atoms with Crippen LogP contribution in [0.25, 0.3) is 11.4 Å². The molecule has 1 aromatic heterocycles. The molecule has 0 fully saturated rings. The van der Waals surface area contributed by atoms with Crippen molar-refractivity contribution in [3.63, 3.8) is 0 Å². The van der Waals surface area contributed by atoms with Crippen molar-refractivity contribution in [2.24, 2.45) is 0 Å². The summed E-state index contributed by atoms with van der Waals surface area (Å²) in [6.45, 7) is -0.0751. The summed E-state index contributed by atoms with van der Waals surface area (Å²) in [6.07, 6.45) is 1.13. The maximum atomic E-state index is 12.2. The van der Waals surface area contributed by atoms with Gasteiger partial charge in [-0.3, -0.25) is 4.31 Å². The molecule has 27 heavy (non-hydrogen) atoms. The van der Waals surface area contributed by atoms with Gasteiger partial charge in [-0.2, -0.15) is 4.98 Å². The fourth-order valence-corrected chi connectivity index (χ4v) is 3.38. The Bertz CT molecular complexity index is 1020. The van der Waals surface area contributed by atoms with Crippen LogP contribution in [0.4, 0.5) is 5.69 Å². The van der Waals surface area contributed by atoms with E-state index >= 15 is 0 Å². The molecule has 0 saturated heterocycles. The molecule has 142 valence electrons. The van der Waals surface area contributed by atoms with Crippen molar-refractivity contribution in [2.75, 3.05) is 24.8 Å². The molecule has 1 heterocycles. The molecule has 9 heteroatoms. The number of hydrogen-bond acceptors (Lipinski definition) is 7. The van der Waals surface area contributed by atoms with Gasteiger partial charge < -0.3 is 14.0 Å². The highest BCUT2D eigenvalue weighted by Gasteiger charge is 2.22. The van der Waals surface area contributed by atoms with Gasteiger partial charge in [-0.25, -0.2) is 8.42 Å². The maximum absolute atomic E-state index is 12.2. The Balaban J connectivity index is 1.91. The van der Waals surface area contributed by atoms with E-state index in [2.05, 4.69) is 10.1 Å². The van der Waals surface area contributed by atoms with Crippen molar-refractivity contribution >= 4 is 15.7 Å². The number of rotatable bonds is 7. The van der Waals surface area contributed by atoms with Crippen LogP contribution in [0.2, 0.25) is 0 Å². The van der Waals surface area contributed by atoms with Crippen LogP contribution in [0.5, 0.6) is 11.5 Å². The van der Waals surface area contributed by atoms with Crippen molar-refractivity contribution in [3.05, 3.63) is 54.4 Å². The summed E-state index contributed by atoms with van der Waals surface area (Å²) in [4.78, 5) is 4.32. The van der Waals surface area contributed by atoms with Gasteiger partial charge in [-0.15, -0.1) is 0 Å². The van der Waals surface area contributed by atoms with E-state index in [0.29, 0.717) is 28.6 Å². The maximum Gasteiger partial charge on any atom is 0.247 e. The Morgan fingerprint density at radius 2 is 1.81 bits per heavy atom. The Labute approximate surface area is 157 Å². The summed E-state index contributed by atoms with van der Waals surface area (Å²) in [6, 6.07) is 13.9. The van der Waals surface area contributed by atoms with E-state index in [1.54, 1.807) is 49.6 Å². The molecule has 8 nitrogen and oxygen atoms in total. The number of methoxy groups -OCH3 is 2. The number of para-hydroxylation sites is 1. The lowest BCUT2D eigenvalue weighted by Crippen LogP contribution is -2.29. The molecule has 0 spiro atoms. The third kappa shape index (κ3) is 4.20. The molecule has 2 aromatic carbocycles. The first kappa shape index (κ1) is 18.7. The minimum Gasteiger partial charge on any atom is -0.497 e. The molecule has 0 atom stereocenters. The largest absolute Gasteiger partial charge is 0.497 e. The van der Waals surface area contributed by atoms with E-state index in [-0.39, 0.29) is 12.4 Å². The SMILES string of the molecule is COc1ccc(-c2noc(CN(c3ccccc3)S(C)(=O)=O)n2)c(OC)c1. The van der Waals surface area contributed by atoms with Gasteiger partial charge in [0.15, 0.2) is 0 Å². The third-order valence-electron chi connectivity index (χ3n) is 3.84. The lowest BCUT2D eigenvalue weighted by molar-refractivity contribution is 0.379. The highest BCUT2D eigenvalue weighted by atomic mass is 32.2. The second-order valence-corrected chi connectivity index (χ2v) is 7.59. The fourth-order valence-electron chi connectivity index (χ4n) is 2.53. The van der Waals surface area contributed by atoms with E-state index in [9.17, 15) is 8.42 Å². The van der Waals surface area contributed by atoms with Crippen LogP contribution in [0, 0.1) is 0 Å². The minimum atomic E-state index is -3.53. The zero-order chi connectivity index (χ0) is 19.4. The molecule has 0 aliphatic rings. The van der Waals surface area contributed by atoms with Crippen LogP contribution in [0.15, 0.2) is 53.1 Å². The topological polar surface area (TPSA) is 94.8 Å². The number of aromatic nitrogens is 2. The normalized spacial score (nSPS) is 11.2. The van der Waals surface area contributed by atoms with Gasteiger partial charge in [-0.1, -0.05) is 23.4 Å². The highest BCUT2D eigenvalue weighted by molar-refractivity contribution is 7.92. The zero-order valence-electron chi connectivity index (χ0n) is 15.1. The summed E-state index contributed by atoms with van der Waals surface area (Å²) in [5, 5.41) is 3.95. The van der Waals surface area contributed by atoms with Crippen LogP contribution >= 0.6 is 0 Å². The third-order valence-corrected chi connectivity index (χ3v) is 4.98. The summed E-state index contributed by atoms with van der Waals surface area (Å²) in [5.74, 6) is 1.61. The average molecular weight is 389 g/mol. The van der Waals surface area contributed by atoms with Crippen molar-refractivity contribution in [3.8, 4) is 22.9 Å². The molecule has 0 saturated carbocycles. The molecular weight excluding hydrogens is 370 g/mol. The molecular formula is C18H19N3O5S. The second kappa shape index (κ2) is 7.67. The number of hydrogen-bond donors (Lipinski definition) is 0. The Morgan fingerprint density at radius 3 is 2.44 bits per heavy atom. The van der Waals surface area contributed by atoms with E-state index in [0.717, 1.165) is 6.26 Å². The highest BCUT2D eigenvalue weighted by Crippen LogP contribution is 2.32. The summed E-state index contributed by atoms with van der Waals surface area (Å²) < 4.78 is 41.4. The zero-order valence-corrected chi connectivity index (χ0v) is 15.9. The van der Waals surface area contributed by atoms with E-state index < -0.39 is 10.0 Å². The monoisotopic (exact) mass is 389 g/mol. The molecule has 0 amide bonds. The molecule has 0 unspecified atom stereocenters. The van der Waals surface area contributed by atoms with Crippen LogP contribution in [-0.2, 0) is 16.6 Å². The standard InChI is InChI=1S/C18H19N3O5S/c1-24-14-9-10-15(16(11-14)25-2)18-19-17(26-20-18)12-21(27(3,22)23)13-7-5-4-6-8-13/h4-11H,12H2,1-3H3. The first-order chi connectivity index (χ1) is 12.9. The number of sulfonamides is 1. The number of anilines is 1. The number of nitrogens with zero attached hydrogens (tertiary/aromatic N) is 3. The molecule has 3 rings (SSSR count). The predicted molar refractivity (Wildman–Crippen MR) is 100 cm³/mol. The van der Waals surface area contributed by atoms with Crippen molar-refractivity contribution in [1.82, 2.24) is 10.1 Å². The lowest BCUT2D eigenvalue weighted by atomic mass is 10.2. The fraction of sp³-hybridized carbons (Fsp3) is 0.222. The van der Waals surface area contributed by atoms with Gasteiger partial charge in [0, 0.05) is 6.07 Å². The molecule has 0 N–H and O–H groups in total. The number of ether oxygens (including phenoxy) is 2. The van der Waals surface area contributed by atoms with E-state index in [4.69, 9.17) is 14.0 Å². The predicted octanol–water partition coefficient (Wildman–Crippen LogP) is 2.72. The van der Waals surface area contributed by atoms with Crippen LogP contribution in [0.3, 0.4) is 0 Å². The summed E-state index contributed by atoms with van der Waals surface area (Å²) in [5.41, 5.74) is 1.13. The van der Waals surface area contributed by atoms with Crippen molar-refractivity contribution < 1.29 is 22.4 Å². The first-order valence-corrected chi connectivity index (χ1v) is 9.85. The van der Waals surface area contributed by atoms with Gasteiger partial charge in [0.25, 0.3) is 0 Å². The average Bonchev–Trinajstić information content (AvgIpc) is 3.14. The Morgan fingerprint density at radius 1 is 1.07 bits per heavy atom. The van der Waals surface area contributed by atoms with Gasteiger partial charge >= 0.3 is 0 Å². The minimum absolute atomic E-state index is 0.0751. The summed E-state index contributed by atoms with van der Waals surface area (Å²) >= 11 is 0. The van der Waals surface area contributed by atoms with Gasteiger partial charge in [0.05, 0.1) is 31.7 Å². The first-order valence-electron chi connectivity index (χ1n) is 8.00.